The van der Waals surface area contributed by atoms with Gasteiger partial charge in [-0.1, -0.05) is 54.3 Å². The van der Waals surface area contributed by atoms with Crippen molar-refractivity contribution in [1.82, 2.24) is 5.43 Å². The average molecular weight is 265 g/mol. The van der Waals surface area contributed by atoms with Crippen LogP contribution in [0.15, 0.2) is 35.9 Å². The summed E-state index contributed by atoms with van der Waals surface area (Å²) in [6, 6.07) is 7.98. The van der Waals surface area contributed by atoms with Crippen LogP contribution in [0.4, 0.5) is 0 Å². The quantitative estimate of drug-likeness (QED) is 0.490. The Hall–Kier alpha value is -0.830. The van der Waals surface area contributed by atoms with E-state index in [1.807, 2.05) is 24.3 Å². The first-order chi connectivity index (χ1) is 8.83. The molecule has 2 rings (SSSR count). The summed E-state index contributed by atoms with van der Waals surface area (Å²) >= 11 is 6.27. The van der Waals surface area contributed by atoms with E-state index < -0.39 is 0 Å². The Morgan fingerprint density at radius 1 is 1.11 bits per heavy atom. The Morgan fingerprint density at radius 2 is 1.89 bits per heavy atom. The molecule has 0 fully saturated rings. The zero-order chi connectivity index (χ0) is 12.8. The lowest BCUT2D eigenvalue weighted by Crippen LogP contribution is -2.30. The highest BCUT2D eigenvalue weighted by molar-refractivity contribution is 6.31. The molecule has 1 atom stereocenters. The van der Waals surface area contributed by atoms with Crippen molar-refractivity contribution in [1.29, 1.82) is 0 Å². The number of hydrazine groups is 1. The maximum Gasteiger partial charge on any atom is 0.0684 e. The lowest BCUT2D eigenvalue weighted by molar-refractivity contribution is 0.555. The molecule has 0 spiro atoms. The standard InChI is InChI=1S/C15H21ClN2/c16-14-11-7-6-10-13(14)15(18-17)12-8-4-2-1-3-5-9-12/h6-8,10-11,15,18H,1-5,9,17H2/b12-8+. The van der Waals surface area contributed by atoms with Gasteiger partial charge in [-0.15, -0.1) is 0 Å². The summed E-state index contributed by atoms with van der Waals surface area (Å²) in [4.78, 5) is 0. The second kappa shape index (κ2) is 6.93. The van der Waals surface area contributed by atoms with Crippen LogP contribution in [0.5, 0.6) is 0 Å². The van der Waals surface area contributed by atoms with Gasteiger partial charge in [0.2, 0.25) is 0 Å². The first-order valence-corrected chi connectivity index (χ1v) is 7.10. The van der Waals surface area contributed by atoms with Crippen molar-refractivity contribution < 1.29 is 0 Å². The molecule has 1 aromatic carbocycles. The van der Waals surface area contributed by atoms with Gasteiger partial charge >= 0.3 is 0 Å². The van der Waals surface area contributed by atoms with Crippen LogP contribution in [0.2, 0.25) is 5.02 Å². The summed E-state index contributed by atoms with van der Waals surface area (Å²) in [5, 5.41) is 0.781. The Labute approximate surface area is 114 Å². The highest BCUT2D eigenvalue weighted by atomic mass is 35.5. The van der Waals surface area contributed by atoms with E-state index in [4.69, 9.17) is 17.4 Å². The first kappa shape index (κ1) is 13.6. The van der Waals surface area contributed by atoms with Crippen molar-refractivity contribution in [3.63, 3.8) is 0 Å². The molecular formula is C15H21ClN2. The van der Waals surface area contributed by atoms with Gasteiger partial charge in [0.05, 0.1) is 6.04 Å². The van der Waals surface area contributed by atoms with Gasteiger partial charge in [0, 0.05) is 5.02 Å². The van der Waals surface area contributed by atoms with Crippen molar-refractivity contribution in [2.75, 3.05) is 0 Å². The Kier molecular flexibility index (Phi) is 5.24. The van der Waals surface area contributed by atoms with E-state index in [9.17, 15) is 0 Å². The van der Waals surface area contributed by atoms with E-state index >= 15 is 0 Å². The number of hydrogen-bond donors (Lipinski definition) is 2. The molecule has 0 heterocycles. The number of nitrogens with one attached hydrogen (secondary N) is 1. The SMILES string of the molecule is NNC(/C1=C/CCCCCC1)c1ccccc1Cl. The van der Waals surface area contributed by atoms with Gasteiger partial charge in [0.15, 0.2) is 0 Å². The van der Waals surface area contributed by atoms with Crippen LogP contribution < -0.4 is 11.3 Å². The molecule has 3 heteroatoms. The molecule has 18 heavy (non-hydrogen) atoms. The molecule has 1 aliphatic carbocycles. The van der Waals surface area contributed by atoms with Crippen molar-refractivity contribution in [3.8, 4) is 0 Å². The highest BCUT2D eigenvalue weighted by Crippen LogP contribution is 2.31. The number of allylic oxidation sites excluding steroid dienone is 1. The maximum atomic E-state index is 6.27. The molecule has 0 radical (unpaired) electrons. The van der Waals surface area contributed by atoms with Crippen LogP contribution in [-0.2, 0) is 0 Å². The second-order valence-corrected chi connectivity index (χ2v) is 5.26. The van der Waals surface area contributed by atoms with Crippen molar-refractivity contribution in [3.05, 3.63) is 46.5 Å². The largest absolute Gasteiger partial charge is 0.271 e. The second-order valence-electron chi connectivity index (χ2n) is 4.85. The van der Waals surface area contributed by atoms with Gasteiger partial charge in [0.25, 0.3) is 0 Å². The average Bonchev–Trinajstić information content (AvgIpc) is 2.34. The molecule has 3 N–H and O–H groups in total. The molecule has 0 saturated heterocycles. The monoisotopic (exact) mass is 264 g/mol. The van der Waals surface area contributed by atoms with Gasteiger partial charge in [-0.05, 0) is 37.3 Å². The third-order valence-electron chi connectivity index (χ3n) is 3.58. The molecule has 0 aliphatic heterocycles. The lowest BCUT2D eigenvalue weighted by atomic mass is 9.91. The Bertz CT molecular complexity index is 415. The minimum Gasteiger partial charge on any atom is -0.271 e. The molecule has 2 nitrogen and oxygen atoms in total. The smallest absolute Gasteiger partial charge is 0.0684 e. The van der Waals surface area contributed by atoms with Crippen LogP contribution in [0.3, 0.4) is 0 Å². The van der Waals surface area contributed by atoms with Gasteiger partial charge < -0.3 is 0 Å². The van der Waals surface area contributed by atoms with E-state index in [1.165, 1.54) is 31.3 Å². The van der Waals surface area contributed by atoms with Crippen LogP contribution in [0.1, 0.15) is 50.1 Å². The van der Waals surface area contributed by atoms with Crippen LogP contribution in [0, 0.1) is 0 Å². The summed E-state index contributed by atoms with van der Waals surface area (Å²) in [7, 11) is 0. The highest BCUT2D eigenvalue weighted by Gasteiger charge is 2.17. The minimum atomic E-state index is 0.0526. The summed E-state index contributed by atoms with van der Waals surface area (Å²) in [5.74, 6) is 5.75. The minimum absolute atomic E-state index is 0.0526. The van der Waals surface area contributed by atoms with E-state index in [1.54, 1.807) is 0 Å². The lowest BCUT2D eigenvalue weighted by Gasteiger charge is -2.22. The number of hydrogen-bond acceptors (Lipinski definition) is 2. The molecule has 0 amide bonds. The van der Waals surface area contributed by atoms with E-state index in [2.05, 4.69) is 11.5 Å². The molecule has 0 bridgehead atoms. The Balaban J connectivity index is 2.24. The van der Waals surface area contributed by atoms with E-state index in [-0.39, 0.29) is 6.04 Å². The van der Waals surface area contributed by atoms with Crippen molar-refractivity contribution >= 4 is 11.6 Å². The number of benzene rings is 1. The Morgan fingerprint density at radius 3 is 2.67 bits per heavy atom. The number of rotatable bonds is 3. The summed E-state index contributed by atoms with van der Waals surface area (Å²) in [6.07, 6.45) is 9.79. The molecule has 1 unspecified atom stereocenters. The third-order valence-corrected chi connectivity index (χ3v) is 3.92. The van der Waals surface area contributed by atoms with Gasteiger partial charge in [-0.3, -0.25) is 5.84 Å². The predicted molar refractivity (Wildman–Crippen MR) is 77.3 cm³/mol. The van der Waals surface area contributed by atoms with Gasteiger partial charge in [-0.25, -0.2) is 5.43 Å². The van der Waals surface area contributed by atoms with Crippen molar-refractivity contribution in [2.24, 2.45) is 5.84 Å². The summed E-state index contributed by atoms with van der Waals surface area (Å²) < 4.78 is 0. The maximum absolute atomic E-state index is 6.27. The zero-order valence-corrected chi connectivity index (χ0v) is 11.4. The summed E-state index contributed by atoms with van der Waals surface area (Å²) in [6.45, 7) is 0. The summed E-state index contributed by atoms with van der Waals surface area (Å²) in [5.41, 5.74) is 5.38. The van der Waals surface area contributed by atoms with Crippen LogP contribution in [-0.4, -0.2) is 0 Å². The topological polar surface area (TPSA) is 38.0 Å². The zero-order valence-electron chi connectivity index (χ0n) is 10.7. The van der Waals surface area contributed by atoms with Gasteiger partial charge in [-0.2, -0.15) is 0 Å². The third kappa shape index (κ3) is 3.35. The van der Waals surface area contributed by atoms with Crippen LogP contribution in [0.25, 0.3) is 0 Å². The molecule has 0 aromatic heterocycles. The molecular weight excluding hydrogens is 244 g/mol. The van der Waals surface area contributed by atoms with E-state index in [0.29, 0.717) is 0 Å². The number of nitrogens with two attached hydrogens (primary N) is 1. The molecule has 1 aromatic rings. The molecule has 98 valence electrons. The fourth-order valence-corrected chi connectivity index (χ4v) is 2.83. The first-order valence-electron chi connectivity index (χ1n) is 6.72. The fraction of sp³-hybridized carbons (Fsp3) is 0.467. The van der Waals surface area contributed by atoms with Gasteiger partial charge in [0.1, 0.15) is 0 Å². The normalized spacial score (nSPS) is 21.6. The van der Waals surface area contributed by atoms with Crippen molar-refractivity contribution in [2.45, 2.75) is 44.6 Å². The van der Waals surface area contributed by atoms with E-state index in [0.717, 1.165) is 23.4 Å². The fourth-order valence-electron chi connectivity index (χ4n) is 2.58. The molecule has 0 saturated carbocycles. The number of halogens is 1. The predicted octanol–water partition coefficient (Wildman–Crippen LogP) is 4.13. The van der Waals surface area contributed by atoms with Crippen LogP contribution >= 0.6 is 11.6 Å². The molecule has 1 aliphatic rings.